The van der Waals surface area contributed by atoms with E-state index in [-0.39, 0.29) is 28.9 Å². The van der Waals surface area contributed by atoms with Crippen molar-refractivity contribution in [3.8, 4) is 5.75 Å². The molecule has 27 heavy (non-hydrogen) atoms. The number of ether oxygens (including phenoxy) is 1. The maximum atomic E-state index is 12.7. The lowest BCUT2D eigenvalue weighted by Gasteiger charge is -2.34. The number of carbonyl (C=O) groups is 2. The maximum Gasteiger partial charge on any atom is 0.303 e. The normalized spacial score (nSPS) is 18.7. The van der Waals surface area contributed by atoms with E-state index in [9.17, 15) is 18.0 Å². The standard InChI is InChI=1S/C19H27NO6S/c1-14(13-27(24,25)17-8-6-16(26-2)7-9-17)19(23)20-11-3-4-15(12-20)5-10-18(21)22/h6-9,14-15H,3-5,10-13H2,1-2H3,(H,21,22). The molecule has 0 saturated carbocycles. The van der Waals surface area contributed by atoms with Crippen molar-refractivity contribution in [1.29, 1.82) is 0 Å². The molecule has 1 aliphatic heterocycles. The molecule has 1 aromatic rings. The Kier molecular flexibility index (Phi) is 7.24. The molecule has 2 rings (SSSR count). The average Bonchev–Trinajstić information content (AvgIpc) is 2.65. The van der Waals surface area contributed by atoms with Crippen molar-refractivity contribution in [3.05, 3.63) is 24.3 Å². The number of carboxylic acids is 1. The summed E-state index contributed by atoms with van der Waals surface area (Å²) in [6.45, 7) is 2.72. The molecule has 1 fully saturated rings. The van der Waals surface area contributed by atoms with Crippen LogP contribution < -0.4 is 4.74 Å². The molecule has 1 amide bonds. The number of benzene rings is 1. The van der Waals surface area contributed by atoms with E-state index >= 15 is 0 Å². The van der Waals surface area contributed by atoms with Crippen LogP contribution in [0.5, 0.6) is 5.75 Å². The van der Waals surface area contributed by atoms with Crippen molar-refractivity contribution in [1.82, 2.24) is 4.90 Å². The highest BCUT2D eigenvalue weighted by Gasteiger charge is 2.30. The molecule has 2 atom stereocenters. The van der Waals surface area contributed by atoms with Crippen LogP contribution in [0.1, 0.15) is 32.6 Å². The number of sulfone groups is 1. The van der Waals surface area contributed by atoms with Crippen molar-refractivity contribution >= 4 is 21.7 Å². The number of carboxylic acid groups (broad SMARTS) is 1. The Balaban J connectivity index is 1.98. The first-order valence-electron chi connectivity index (χ1n) is 9.10. The van der Waals surface area contributed by atoms with E-state index in [1.54, 1.807) is 24.0 Å². The van der Waals surface area contributed by atoms with Crippen LogP contribution in [0.15, 0.2) is 29.2 Å². The zero-order valence-electron chi connectivity index (χ0n) is 15.8. The Morgan fingerprint density at radius 2 is 1.96 bits per heavy atom. The molecule has 1 heterocycles. The molecule has 0 bridgehead atoms. The average molecular weight is 397 g/mol. The van der Waals surface area contributed by atoms with Gasteiger partial charge in [0.1, 0.15) is 5.75 Å². The van der Waals surface area contributed by atoms with Gasteiger partial charge in [0.25, 0.3) is 0 Å². The second-order valence-corrected chi connectivity index (χ2v) is 9.12. The van der Waals surface area contributed by atoms with Crippen molar-refractivity contribution in [2.45, 2.75) is 37.5 Å². The number of aliphatic carboxylic acids is 1. The van der Waals surface area contributed by atoms with Gasteiger partial charge < -0.3 is 14.7 Å². The van der Waals surface area contributed by atoms with Gasteiger partial charge in [0.15, 0.2) is 9.84 Å². The smallest absolute Gasteiger partial charge is 0.303 e. The second-order valence-electron chi connectivity index (χ2n) is 7.08. The zero-order chi connectivity index (χ0) is 20.0. The Bertz CT molecular complexity index is 759. The number of rotatable bonds is 8. The van der Waals surface area contributed by atoms with Gasteiger partial charge in [-0.1, -0.05) is 6.92 Å². The molecule has 2 unspecified atom stereocenters. The van der Waals surface area contributed by atoms with E-state index in [1.807, 2.05) is 0 Å². The summed E-state index contributed by atoms with van der Waals surface area (Å²) in [5.41, 5.74) is 0. The minimum Gasteiger partial charge on any atom is -0.497 e. The van der Waals surface area contributed by atoms with Crippen molar-refractivity contribution < 1.29 is 27.9 Å². The van der Waals surface area contributed by atoms with Crippen molar-refractivity contribution in [3.63, 3.8) is 0 Å². The third kappa shape index (κ3) is 5.95. The van der Waals surface area contributed by atoms with Crippen molar-refractivity contribution in [2.75, 3.05) is 26.0 Å². The number of likely N-dealkylation sites (tertiary alicyclic amines) is 1. The van der Waals surface area contributed by atoms with E-state index < -0.39 is 21.7 Å². The van der Waals surface area contributed by atoms with Gasteiger partial charge in [0.2, 0.25) is 5.91 Å². The molecule has 8 heteroatoms. The Hall–Kier alpha value is -2.09. The summed E-state index contributed by atoms with van der Waals surface area (Å²) in [4.78, 5) is 25.3. The van der Waals surface area contributed by atoms with Gasteiger partial charge >= 0.3 is 5.97 Å². The fourth-order valence-corrected chi connectivity index (χ4v) is 4.96. The maximum absolute atomic E-state index is 12.7. The SMILES string of the molecule is COc1ccc(S(=O)(=O)CC(C)C(=O)N2CCCC(CCC(=O)O)C2)cc1. The summed E-state index contributed by atoms with van der Waals surface area (Å²) in [5.74, 6) is -1.21. The van der Waals surface area contributed by atoms with E-state index in [1.165, 1.54) is 19.2 Å². The highest BCUT2D eigenvalue weighted by Crippen LogP contribution is 2.24. The van der Waals surface area contributed by atoms with Gasteiger partial charge in [-0.2, -0.15) is 0 Å². The monoisotopic (exact) mass is 397 g/mol. The van der Waals surface area contributed by atoms with Crippen molar-refractivity contribution in [2.24, 2.45) is 11.8 Å². The molecular weight excluding hydrogens is 370 g/mol. The highest BCUT2D eigenvalue weighted by atomic mass is 32.2. The van der Waals surface area contributed by atoms with Crippen LogP contribution in [0.3, 0.4) is 0 Å². The lowest BCUT2D eigenvalue weighted by molar-refractivity contribution is -0.137. The van der Waals surface area contributed by atoms with E-state index in [2.05, 4.69) is 0 Å². The number of amides is 1. The number of carbonyl (C=O) groups excluding carboxylic acids is 1. The molecule has 0 aliphatic carbocycles. The van der Waals surface area contributed by atoms with E-state index in [0.717, 1.165) is 12.8 Å². The first kappa shape index (κ1) is 21.2. The van der Waals surface area contributed by atoms with Crippen LogP contribution in [0.2, 0.25) is 0 Å². The van der Waals surface area contributed by atoms with Crippen LogP contribution in [-0.2, 0) is 19.4 Å². The first-order chi connectivity index (χ1) is 12.7. The number of nitrogens with zero attached hydrogens (tertiary/aromatic N) is 1. The Morgan fingerprint density at radius 1 is 1.30 bits per heavy atom. The van der Waals surface area contributed by atoms with Gasteiger partial charge in [0, 0.05) is 25.4 Å². The van der Waals surface area contributed by atoms with Gasteiger partial charge in [0.05, 0.1) is 17.8 Å². The second kappa shape index (κ2) is 9.21. The van der Waals surface area contributed by atoms with Gasteiger partial charge in [-0.3, -0.25) is 9.59 Å². The lowest BCUT2D eigenvalue weighted by Crippen LogP contribution is -2.43. The predicted octanol–water partition coefficient (Wildman–Crippen LogP) is 2.21. The van der Waals surface area contributed by atoms with Crippen LogP contribution in [0.25, 0.3) is 0 Å². The number of hydrogen-bond acceptors (Lipinski definition) is 5. The minimum atomic E-state index is -3.58. The lowest BCUT2D eigenvalue weighted by atomic mass is 9.93. The van der Waals surface area contributed by atoms with E-state index in [4.69, 9.17) is 9.84 Å². The molecule has 1 saturated heterocycles. The number of methoxy groups -OCH3 is 1. The summed E-state index contributed by atoms with van der Waals surface area (Å²) in [7, 11) is -2.08. The highest BCUT2D eigenvalue weighted by molar-refractivity contribution is 7.91. The third-order valence-electron chi connectivity index (χ3n) is 4.91. The summed E-state index contributed by atoms with van der Waals surface area (Å²) >= 11 is 0. The molecule has 1 aromatic carbocycles. The number of hydrogen-bond donors (Lipinski definition) is 1. The molecule has 0 aromatic heterocycles. The summed E-state index contributed by atoms with van der Waals surface area (Å²) in [6, 6.07) is 6.12. The predicted molar refractivity (Wildman–Crippen MR) is 100 cm³/mol. The molecule has 0 spiro atoms. The summed E-state index contributed by atoms with van der Waals surface area (Å²) in [6.07, 6.45) is 2.34. The topological polar surface area (TPSA) is 101 Å². The summed E-state index contributed by atoms with van der Waals surface area (Å²) in [5, 5.41) is 8.82. The van der Waals surface area contributed by atoms with Crippen LogP contribution in [0, 0.1) is 11.8 Å². The molecule has 1 N–H and O–H groups in total. The van der Waals surface area contributed by atoms with Gasteiger partial charge in [-0.25, -0.2) is 8.42 Å². The van der Waals surface area contributed by atoms with Gasteiger partial charge in [-0.05, 0) is 49.4 Å². The molecule has 1 aliphatic rings. The fourth-order valence-electron chi connectivity index (χ4n) is 3.42. The Labute approximate surface area is 160 Å². The molecule has 7 nitrogen and oxygen atoms in total. The first-order valence-corrected chi connectivity index (χ1v) is 10.8. The molecule has 150 valence electrons. The van der Waals surface area contributed by atoms with Crippen LogP contribution in [-0.4, -0.2) is 56.3 Å². The third-order valence-corrected chi connectivity index (χ3v) is 6.84. The fraction of sp³-hybridized carbons (Fsp3) is 0.579. The Morgan fingerprint density at radius 3 is 2.56 bits per heavy atom. The molecular formula is C19H27NO6S. The van der Waals surface area contributed by atoms with Crippen LogP contribution in [0.4, 0.5) is 0 Å². The number of piperidine rings is 1. The summed E-state index contributed by atoms with van der Waals surface area (Å²) < 4.78 is 30.2. The zero-order valence-corrected chi connectivity index (χ0v) is 16.6. The minimum absolute atomic E-state index is 0.0914. The quantitative estimate of drug-likeness (QED) is 0.722. The molecule has 0 radical (unpaired) electrons. The van der Waals surface area contributed by atoms with E-state index in [0.29, 0.717) is 25.3 Å². The van der Waals surface area contributed by atoms with Gasteiger partial charge in [-0.15, -0.1) is 0 Å². The van der Waals surface area contributed by atoms with Crippen LogP contribution >= 0.6 is 0 Å². The largest absolute Gasteiger partial charge is 0.497 e.